The molecule has 1 unspecified atom stereocenters. The van der Waals surface area contributed by atoms with Crippen LogP contribution >= 0.6 is 0 Å². The van der Waals surface area contributed by atoms with E-state index in [1.54, 1.807) is 0 Å². The lowest BCUT2D eigenvalue weighted by molar-refractivity contribution is -0.153. The van der Waals surface area contributed by atoms with E-state index >= 15 is 0 Å². The molecule has 4 heteroatoms. The molecule has 0 aromatic rings. The van der Waals surface area contributed by atoms with E-state index in [0.717, 1.165) is 25.7 Å². The number of aliphatic carboxylic acids is 1. The molecule has 1 atom stereocenters. The van der Waals surface area contributed by atoms with Gasteiger partial charge in [-0.05, 0) is 19.3 Å². The third-order valence-electron chi connectivity index (χ3n) is 6.56. The molecule has 0 aliphatic heterocycles. The van der Waals surface area contributed by atoms with Gasteiger partial charge in [0, 0.05) is 6.42 Å². The van der Waals surface area contributed by atoms with Gasteiger partial charge in [0.2, 0.25) is 0 Å². The Bertz CT molecular complexity index is 435. The van der Waals surface area contributed by atoms with Crippen molar-refractivity contribution in [2.75, 3.05) is 0 Å². The topological polar surface area (TPSA) is 63.6 Å². The molecule has 0 rings (SSSR count). The van der Waals surface area contributed by atoms with E-state index in [4.69, 9.17) is 9.84 Å². The molecule has 33 heavy (non-hydrogen) atoms. The molecule has 0 bridgehead atoms. The van der Waals surface area contributed by atoms with E-state index in [9.17, 15) is 9.59 Å². The first-order valence-electron chi connectivity index (χ1n) is 14.5. The summed E-state index contributed by atoms with van der Waals surface area (Å²) in [6.07, 6.45) is 27.0. The molecule has 0 aromatic carbocycles. The van der Waals surface area contributed by atoms with Crippen molar-refractivity contribution in [1.82, 2.24) is 0 Å². The third kappa shape index (κ3) is 25.4. The molecule has 0 radical (unpaired) electrons. The summed E-state index contributed by atoms with van der Waals surface area (Å²) in [7, 11) is 0. The molecule has 196 valence electrons. The number of carboxylic acid groups (broad SMARTS) is 1. The second kappa shape index (κ2) is 25.6. The average molecular weight is 469 g/mol. The summed E-state index contributed by atoms with van der Waals surface area (Å²) in [5.74, 6) is -1.10. The smallest absolute Gasteiger partial charge is 0.307 e. The van der Waals surface area contributed by atoms with E-state index in [-0.39, 0.29) is 12.4 Å². The minimum atomic E-state index is -0.884. The molecule has 0 spiro atoms. The number of unbranched alkanes of at least 4 members (excludes halogenated alkanes) is 19. The molecule has 0 saturated heterocycles. The van der Waals surface area contributed by atoms with Crippen LogP contribution in [0, 0.1) is 0 Å². The molecule has 4 nitrogen and oxygen atoms in total. The first-order chi connectivity index (χ1) is 16.1. The van der Waals surface area contributed by atoms with Gasteiger partial charge in [-0.15, -0.1) is 0 Å². The molecule has 0 fully saturated rings. The summed E-state index contributed by atoms with van der Waals surface area (Å²) in [5, 5.41) is 9.10. The van der Waals surface area contributed by atoms with E-state index in [1.807, 2.05) is 0 Å². The summed E-state index contributed by atoms with van der Waals surface area (Å²) < 4.78 is 5.49. The zero-order valence-electron chi connectivity index (χ0n) is 22.2. The van der Waals surface area contributed by atoms with Gasteiger partial charge >= 0.3 is 11.9 Å². The largest absolute Gasteiger partial charge is 0.481 e. The maximum Gasteiger partial charge on any atom is 0.307 e. The molecule has 0 amide bonds. The highest BCUT2D eigenvalue weighted by Gasteiger charge is 2.17. The molecule has 0 heterocycles. The second-order valence-electron chi connectivity index (χ2n) is 9.97. The normalized spacial score (nSPS) is 12.1. The highest BCUT2D eigenvalue weighted by atomic mass is 16.5. The standard InChI is InChI=1S/C29H56O4/c1-3-5-7-9-11-12-13-14-15-16-17-18-19-21-23-25-29(32)33-27(26-28(30)31)24-22-20-10-8-6-4-2/h27H,3-26H2,1-2H3,(H,30,31). The number of carbonyl (C=O) groups excluding carboxylic acids is 1. The van der Waals surface area contributed by atoms with Crippen LogP contribution in [0.4, 0.5) is 0 Å². The Balaban J connectivity index is 3.58. The Morgan fingerprint density at radius 3 is 1.33 bits per heavy atom. The van der Waals surface area contributed by atoms with Crippen LogP contribution in [-0.2, 0) is 14.3 Å². The van der Waals surface area contributed by atoms with E-state index in [2.05, 4.69) is 13.8 Å². The summed E-state index contributed by atoms with van der Waals surface area (Å²) in [5.41, 5.74) is 0. The summed E-state index contributed by atoms with van der Waals surface area (Å²) in [6, 6.07) is 0. The van der Waals surface area contributed by atoms with E-state index in [1.165, 1.54) is 109 Å². The van der Waals surface area contributed by atoms with Crippen molar-refractivity contribution in [3.05, 3.63) is 0 Å². The summed E-state index contributed by atoms with van der Waals surface area (Å²) in [4.78, 5) is 23.2. The lowest BCUT2D eigenvalue weighted by Gasteiger charge is -2.16. The summed E-state index contributed by atoms with van der Waals surface area (Å²) in [6.45, 7) is 4.47. The van der Waals surface area contributed by atoms with Crippen LogP contribution < -0.4 is 0 Å². The fourth-order valence-corrected chi connectivity index (χ4v) is 4.44. The predicted molar refractivity (Wildman–Crippen MR) is 140 cm³/mol. The number of hydrogen-bond donors (Lipinski definition) is 1. The van der Waals surface area contributed by atoms with Gasteiger partial charge < -0.3 is 9.84 Å². The van der Waals surface area contributed by atoms with Crippen molar-refractivity contribution in [3.63, 3.8) is 0 Å². The molecule has 0 aliphatic carbocycles. The Morgan fingerprint density at radius 1 is 0.576 bits per heavy atom. The second-order valence-corrected chi connectivity index (χ2v) is 9.97. The van der Waals surface area contributed by atoms with Crippen molar-refractivity contribution < 1.29 is 19.4 Å². The first-order valence-corrected chi connectivity index (χ1v) is 14.5. The van der Waals surface area contributed by atoms with Crippen LogP contribution in [0.15, 0.2) is 0 Å². The Labute approximate surface area is 205 Å². The van der Waals surface area contributed by atoms with Crippen LogP contribution in [0.2, 0.25) is 0 Å². The van der Waals surface area contributed by atoms with Gasteiger partial charge in [0.15, 0.2) is 0 Å². The van der Waals surface area contributed by atoms with Crippen LogP contribution in [0.25, 0.3) is 0 Å². The predicted octanol–water partition coefficient (Wildman–Crippen LogP) is 9.39. The van der Waals surface area contributed by atoms with Gasteiger partial charge in [-0.1, -0.05) is 136 Å². The van der Waals surface area contributed by atoms with Crippen LogP contribution in [0.5, 0.6) is 0 Å². The minimum Gasteiger partial charge on any atom is -0.481 e. The first kappa shape index (κ1) is 31.9. The van der Waals surface area contributed by atoms with E-state index in [0.29, 0.717) is 12.8 Å². The number of ether oxygens (including phenoxy) is 1. The number of rotatable bonds is 26. The van der Waals surface area contributed by atoms with Crippen molar-refractivity contribution in [3.8, 4) is 0 Å². The molecule has 1 N–H and O–H groups in total. The van der Waals surface area contributed by atoms with Gasteiger partial charge in [0.25, 0.3) is 0 Å². The van der Waals surface area contributed by atoms with Crippen molar-refractivity contribution in [1.29, 1.82) is 0 Å². The number of carboxylic acids is 1. The molecular formula is C29H56O4. The molecular weight excluding hydrogens is 412 g/mol. The van der Waals surface area contributed by atoms with Gasteiger partial charge in [0.05, 0.1) is 6.42 Å². The Hall–Kier alpha value is -1.06. The SMILES string of the molecule is CCCCCCCCCCCCCCCCCC(=O)OC(CCCCCCCC)CC(=O)O. The van der Waals surface area contributed by atoms with Crippen LogP contribution in [0.1, 0.15) is 168 Å². The highest BCUT2D eigenvalue weighted by Crippen LogP contribution is 2.16. The van der Waals surface area contributed by atoms with Gasteiger partial charge in [0.1, 0.15) is 6.10 Å². The average Bonchev–Trinajstić information content (AvgIpc) is 2.78. The Morgan fingerprint density at radius 2 is 0.939 bits per heavy atom. The quantitative estimate of drug-likeness (QED) is 0.101. The Kier molecular flexibility index (Phi) is 24.7. The summed E-state index contributed by atoms with van der Waals surface area (Å²) >= 11 is 0. The molecule has 0 saturated carbocycles. The van der Waals surface area contributed by atoms with Crippen LogP contribution in [-0.4, -0.2) is 23.1 Å². The van der Waals surface area contributed by atoms with Crippen molar-refractivity contribution in [2.24, 2.45) is 0 Å². The van der Waals surface area contributed by atoms with E-state index < -0.39 is 12.1 Å². The van der Waals surface area contributed by atoms with Gasteiger partial charge in [-0.25, -0.2) is 0 Å². The number of esters is 1. The monoisotopic (exact) mass is 468 g/mol. The highest BCUT2D eigenvalue weighted by molar-refractivity contribution is 5.71. The molecule has 0 aliphatic rings. The van der Waals surface area contributed by atoms with Crippen LogP contribution in [0.3, 0.4) is 0 Å². The van der Waals surface area contributed by atoms with Gasteiger partial charge in [-0.2, -0.15) is 0 Å². The fraction of sp³-hybridized carbons (Fsp3) is 0.931. The maximum absolute atomic E-state index is 12.1. The van der Waals surface area contributed by atoms with Gasteiger partial charge in [-0.3, -0.25) is 9.59 Å². The lowest BCUT2D eigenvalue weighted by atomic mass is 10.0. The number of carbonyl (C=O) groups is 2. The zero-order chi connectivity index (χ0) is 24.4. The maximum atomic E-state index is 12.1. The minimum absolute atomic E-state index is 0.0699. The lowest BCUT2D eigenvalue weighted by Crippen LogP contribution is -2.21. The fourth-order valence-electron chi connectivity index (χ4n) is 4.44. The third-order valence-corrected chi connectivity index (χ3v) is 6.56. The molecule has 0 aromatic heterocycles. The number of hydrogen-bond acceptors (Lipinski definition) is 3. The van der Waals surface area contributed by atoms with Crippen molar-refractivity contribution in [2.45, 2.75) is 174 Å². The van der Waals surface area contributed by atoms with Crippen molar-refractivity contribution >= 4 is 11.9 Å². The zero-order valence-corrected chi connectivity index (χ0v) is 22.2.